The molecule has 2 heterocycles. The molecular weight excluding hydrogens is 294 g/mol. The maximum absolute atomic E-state index is 6.31. The molecule has 0 aromatic heterocycles. The number of para-hydroxylation sites is 1. The highest BCUT2D eigenvalue weighted by Gasteiger charge is 2.41. The van der Waals surface area contributed by atoms with Gasteiger partial charge >= 0.3 is 0 Å². The quantitative estimate of drug-likeness (QED) is 0.939. The second kappa shape index (κ2) is 6.58. The van der Waals surface area contributed by atoms with Gasteiger partial charge in [-0.05, 0) is 36.5 Å². The number of nitrogens with zero attached hydrogens (tertiary/aromatic N) is 2. The van der Waals surface area contributed by atoms with Crippen molar-refractivity contribution >= 4 is 5.69 Å². The molecule has 1 fully saturated rings. The van der Waals surface area contributed by atoms with Gasteiger partial charge in [-0.25, -0.2) is 0 Å². The van der Waals surface area contributed by atoms with Gasteiger partial charge in [0, 0.05) is 38.4 Å². The van der Waals surface area contributed by atoms with Crippen LogP contribution >= 0.6 is 0 Å². The lowest BCUT2D eigenvalue weighted by atomic mass is 9.85. The van der Waals surface area contributed by atoms with E-state index in [0.29, 0.717) is 0 Å². The first-order chi connectivity index (χ1) is 11.8. The van der Waals surface area contributed by atoms with Crippen LogP contribution in [0.1, 0.15) is 24.0 Å². The van der Waals surface area contributed by atoms with Crippen molar-refractivity contribution in [1.82, 2.24) is 4.90 Å². The number of fused-ring (bicyclic) bond motifs is 1. The minimum absolute atomic E-state index is 0.139. The summed E-state index contributed by atoms with van der Waals surface area (Å²) in [6.45, 7) is 5.18. The summed E-state index contributed by atoms with van der Waals surface area (Å²) in [6.07, 6.45) is 3.47. The van der Waals surface area contributed by atoms with Gasteiger partial charge in [-0.2, -0.15) is 0 Å². The molecule has 1 saturated heterocycles. The summed E-state index contributed by atoms with van der Waals surface area (Å²) >= 11 is 0. The molecule has 0 saturated carbocycles. The van der Waals surface area contributed by atoms with Crippen molar-refractivity contribution in [2.45, 2.75) is 31.3 Å². The summed E-state index contributed by atoms with van der Waals surface area (Å²) in [6, 6.07) is 19.6. The van der Waals surface area contributed by atoms with E-state index in [1.807, 2.05) is 0 Å². The summed E-state index contributed by atoms with van der Waals surface area (Å²) in [7, 11) is 0. The summed E-state index contributed by atoms with van der Waals surface area (Å²) in [5.41, 5.74) is 10.8. The van der Waals surface area contributed by atoms with Gasteiger partial charge in [0.25, 0.3) is 0 Å². The molecule has 0 spiro atoms. The minimum atomic E-state index is 0.139. The molecule has 0 aliphatic carbocycles. The highest BCUT2D eigenvalue weighted by atomic mass is 15.3. The average Bonchev–Trinajstić information content (AvgIpc) is 3.08. The monoisotopic (exact) mass is 321 g/mol. The summed E-state index contributed by atoms with van der Waals surface area (Å²) < 4.78 is 0. The van der Waals surface area contributed by atoms with Crippen LogP contribution in [0.15, 0.2) is 54.6 Å². The number of anilines is 1. The predicted molar refractivity (Wildman–Crippen MR) is 100 cm³/mol. The molecule has 2 N–H and O–H groups in total. The summed E-state index contributed by atoms with van der Waals surface area (Å²) in [5.74, 6) is 0. The van der Waals surface area contributed by atoms with Crippen molar-refractivity contribution in [2.24, 2.45) is 5.73 Å². The molecule has 126 valence electrons. The van der Waals surface area contributed by atoms with E-state index in [-0.39, 0.29) is 5.54 Å². The molecule has 0 atom stereocenters. The third kappa shape index (κ3) is 2.83. The standard InChI is InChI=1S/C21H27N3/c22-17-21(24-13-10-19-8-4-5-9-20(19)24)11-14-23(15-12-21)16-18-6-2-1-3-7-18/h1-9H,10-17,22H2. The largest absolute Gasteiger partial charge is 0.364 e. The third-order valence-electron chi connectivity index (χ3n) is 5.88. The molecule has 3 nitrogen and oxygen atoms in total. The van der Waals surface area contributed by atoms with Crippen molar-refractivity contribution in [1.29, 1.82) is 0 Å². The number of benzene rings is 2. The van der Waals surface area contributed by atoms with Crippen LogP contribution in [0.25, 0.3) is 0 Å². The van der Waals surface area contributed by atoms with Crippen molar-refractivity contribution in [3.8, 4) is 0 Å². The molecule has 0 bridgehead atoms. The Morgan fingerprint density at radius 2 is 1.58 bits per heavy atom. The highest BCUT2D eigenvalue weighted by Crippen LogP contribution is 2.38. The van der Waals surface area contributed by atoms with Gasteiger partial charge < -0.3 is 10.6 Å². The third-order valence-corrected chi connectivity index (χ3v) is 5.88. The first kappa shape index (κ1) is 15.7. The van der Waals surface area contributed by atoms with E-state index < -0.39 is 0 Å². The first-order valence-electron chi connectivity index (χ1n) is 9.13. The molecule has 0 unspecified atom stereocenters. The molecule has 2 aliphatic heterocycles. The van der Waals surface area contributed by atoms with Gasteiger partial charge in [0.15, 0.2) is 0 Å². The SMILES string of the molecule is NCC1(N2CCc3ccccc32)CCN(Cc2ccccc2)CC1. The molecule has 0 radical (unpaired) electrons. The second-order valence-electron chi connectivity index (χ2n) is 7.22. The molecule has 0 amide bonds. The zero-order valence-electron chi connectivity index (χ0n) is 14.3. The summed E-state index contributed by atoms with van der Waals surface area (Å²) in [4.78, 5) is 5.19. The van der Waals surface area contributed by atoms with Crippen LogP contribution in [0, 0.1) is 0 Å². The Bertz CT molecular complexity index is 674. The Balaban J connectivity index is 1.46. The van der Waals surface area contributed by atoms with Gasteiger partial charge in [-0.3, -0.25) is 4.90 Å². The van der Waals surface area contributed by atoms with Crippen molar-refractivity contribution < 1.29 is 0 Å². The van der Waals surface area contributed by atoms with Crippen molar-refractivity contribution in [3.05, 3.63) is 65.7 Å². The van der Waals surface area contributed by atoms with Crippen LogP contribution in [-0.2, 0) is 13.0 Å². The van der Waals surface area contributed by atoms with Crippen LogP contribution in [0.2, 0.25) is 0 Å². The van der Waals surface area contributed by atoms with E-state index >= 15 is 0 Å². The number of piperidine rings is 1. The molecule has 2 aliphatic rings. The number of hydrogen-bond acceptors (Lipinski definition) is 3. The number of likely N-dealkylation sites (tertiary alicyclic amines) is 1. The number of rotatable bonds is 4. The van der Waals surface area contributed by atoms with Gasteiger partial charge in [0.05, 0.1) is 5.54 Å². The summed E-state index contributed by atoms with van der Waals surface area (Å²) in [5, 5.41) is 0. The fourth-order valence-electron chi connectivity index (χ4n) is 4.38. The van der Waals surface area contributed by atoms with Gasteiger partial charge in [0.2, 0.25) is 0 Å². The lowest BCUT2D eigenvalue weighted by Gasteiger charge is -2.48. The Hall–Kier alpha value is -1.84. The van der Waals surface area contributed by atoms with Crippen LogP contribution < -0.4 is 10.6 Å². The predicted octanol–water partition coefficient (Wildman–Crippen LogP) is 3.04. The van der Waals surface area contributed by atoms with Crippen molar-refractivity contribution in [3.63, 3.8) is 0 Å². The Kier molecular flexibility index (Phi) is 4.30. The fraction of sp³-hybridized carbons (Fsp3) is 0.429. The van der Waals surface area contributed by atoms with E-state index in [1.54, 1.807) is 0 Å². The highest BCUT2D eigenvalue weighted by molar-refractivity contribution is 5.60. The average molecular weight is 321 g/mol. The Morgan fingerprint density at radius 3 is 2.33 bits per heavy atom. The zero-order valence-corrected chi connectivity index (χ0v) is 14.3. The lowest BCUT2D eigenvalue weighted by Crippen LogP contribution is -2.59. The maximum Gasteiger partial charge on any atom is 0.0548 e. The van der Waals surface area contributed by atoms with Gasteiger partial charge in [0.1, 0.15) is 0 Å². The number of hydrogen-bond donors (Lipinski definition) is 1. The van der Waals surface area contributed by atoms with E-state index in [2.05, 4.69) is 64.4 Å². The fourth-order valence-corrected chi connectivity index (χ4v) is 4.38. The Morgan fingerprint density at radius 1 is 0.875 bits per heavy atom. The van der Waals surface area contributed by atoms with Gasteiger partial charge in [-0.15, -0.1) is 0 Å². The van der Waals surface area contributed by atoms with Crippen LogP contribution in [0.5, 0.6) is 0 Å². The first-order valence-corrected chi connectivity index (χ1v) is 9.13. The number of nitrogens with two attached hydrogens (primary N) is 1. The van der Waals surface area contributed by atoms with Crippen LogP contribution in [-0.4, -0.2) is 36.6 Å². The molecule has 3 heteroatoms. The second-order valence-corrected chi connectivity index (χ2v) is 7.22. The van der Waals surface area contributed by atoms with E-state index in [4.69, 9.17) is 5.73 Å². The van der Waals surface area contributed by atoms with Crippen LogP contribution in [0.3, 0.4) is 0 Å². The normalized spacial score (nSPS) is 20.1. The van der Waals surface area contributed by atoms with Gasteiger partial charge in [-0.1, -0.05) is 48.5 Å². The molecule has 2 aromatic carbocycles. The molecular formula is C21H27N3. The Labute approximate surface area is 145 Å². The van der Waals surface area contributed by atoms with E-state index in [9.17, 15) is 0 Å². The van der Waals surface area contributed by atoms with E-state index in [0.717, 1.165) is 52.0 Å². The maximum atomic E-state index is 6.31. The van der Waals surface area contributed by atoms with E-state index in [1.165, 1.54) is 16.8 Å². The van der Waals surface area contributed by atoms with Crippen LogP contribution in [0.4, 0.5) is 5.69 Å². The molecule has 2 aromatic rings. The lowest BCUT2D eigenvalue weighted by molar-refractivity contribution is 0.153. The molecule has 24 heavy (non-hydrogen) atoms. The molecule has 4 rings (SSSR count). The minimum Gasteiger partial charge on any atom is -0.364 e. The van der Waals surface area contributed by atoms with Crippen molar-refractivity contribution in [2.75, 3.05) is 31.1 Å². The smallest absolute Gasteiger partial charge is 0.0548 e. The topological polar surface area (TPSA) is 32.5 Å². The zero-order chi connectivity index (χ0) is 16.4.